The van der Waals surface area contributed by atoms with Crippen molar-refractivity contribution < 1.29 is 48.6 Å². The van der Waals surface area contributed by atoms with Gasteiger partial charge in [0, 0.05) is 57.3 Å². The Morgan fingerprint density at radius 2 is 1.69 bits per heavy atom. The van der Waals surface area contributed by atoms with Crippen molar-refractivity contribution in [2.24, 2.45) is 0 Å². The van der Waals surface area contributed by atoms with Gasteiger partial charge in [-0.2, -0.15) is 0 Å². The summed E-state index contributed by atoms with van der Waals surface area (Å²) in [6.07, 6.45) is 0.564. The number of carbonyl (C=O) groups is 2. The van der Waals surface area contributed by atoms with E-state index in [-0.39, 0.29) is 5.82 Å². The summed E-state index contributed by atoms with van der Waals surface area (Å²) in [5, 5.41) is 32.5. The van der Waals surface area contributed by atoms with E-state index in [0.29, 0.717) is 38.4 Å². The van der Waals surface area contributed by atoms with Gasteiger partial charge in [-0.1, -0.05) is 12.1 Å². The highest BCUT2D eigenvalue weighted by atomic mass is 19.1. The second kappa shape index (κ2) is 13.3. The minimum absolute atomic E-state index is 0.327. The molecule has 0 aliphatic carbocycles. The molecule has 2 aromatic carbocycles. The summed E-state index contributed by atoms with van der Waals surface area (Å²) in [4.78, 5) is 23.8. The maximum absolute atomic E-state index is 14.3. The zero-order valence-electron chi connectivity index (χ0n) is 21.5. The normalized spacial score (nSPS) is 15.9. The molecule has 1 aliphatic rings. The number of aliphatic hydroxyl groups excluding tert-OH is 2. The van der Waals surface area contributed by atoms with Crippen LogP contribution in [0.15, 0.2) is 54.9 Å². The van der Waals surface area contributed by atoms with Gasteiger partial charge in [0.25, 0.3) is 0 Å². The molecule has 39 heavy (non-hydrogen) atoms. The first kappa shape index (κ1) is 29.7. The lowest BCUT2D eigenvalue weighted by atomic mass is 9.86. The first-order chi connectivity index (χ1) is 18.6. The largest absolute Gasteiger partial charge is 0.489 e. The number of imidazole rings is 1. The SMILES string of the molecule is COC1(c2cc(F)cc(OCc3ccc(-n4ccnc4C)cc3)c2)CCOCC1.O=C(O)C(O)C(O)C(=O)O. The fourth-order valence-electron chi connectivity index (χ4n) is 4.06. The van der Waals surface area contributed by atoms with Gasteiger partial charge in [0.05, 0.1) is 5.60 Å². The molecule has 1 aliphatic heterocycles. The van der Waals surface area contributed by atoms with Crippen molar-refractivity contribution in [3.8, 4) is 11.4 Å². The number of hydrogen-bond donors (Lipinski definition) is 4. The molecule has 0 saturated carbocycles. The van der Waals surface area contributed by atoms with Crippen molar-refractivity contribution in [2.75, 3.05) is 20.3 Å². The molecule has 0 amide bonds. The molecule has 1 saturated heterocycles. The molecule has 2 atom stereocenters. The summed E-state index contributed by atoms with van der Waals surface area (Å²) in [6.45, 7) is 3.52. The Bertz CT molecular complexity index is 1240. The summed E-state index contributed by atoms with van der Waals surface area (Å²) in [7, 11) is 1.67. The Labute approximate surface area is 224 Å². The Balaban J connectivity index is 0.000000360. The molecule has 1 fully saturated rings. The van der Waals surface area contributed by atoms with Gasteiger partial charge in [-0.25, -0.2) is 19.0 Å². The van der Waals surface area contributed by atoms with E-state index in [4.69, 9.17) is 34.6 Å². The maximum Gasteiger partial charge on any atom is 0.335 e. The minimum Gasteiger partial charge on any atom is -0.489 e. The van der Waals surface area contributed by atoms with Gasteiger partial charge in [-0.15, -0.1) is 0 Å². The number of methoxy groups -OCH3 is 1. The number of aliphatic carboxylic acids is 2. The third-order valence-electron chi connectivity index (χ3n) is 6.34. The van der Waals surface area contributed by atoms with Crippen LogP contribution in [0, 0.1) is 12.7 Å². The van der Waals surface area contributed by atoms with E-state index in [1.807, 2.05) is 48.0 Å². The highest BCUT2D eigenvalue weighted by Gasteiger charge is 2.35. The van der Waals surface area contributed by atoms with Crippen LogP contribution in [0.25, 0.3) is 5.69 Å². The number of benzene rings is 2. The summed E-state index contributed by atoms with van der Waals surface area (Å²) >= 11 is 0. The van der Waals surface area contributed by atoms with Crippen molar-refractivity contribution in [2.45, 2.75) is 44.2 Å². The zero-order valence-corrected chi connectivity index (χ0v) is 21.5. The highest BCUT2D eigenvalue weighted by Crippen LogP contribution is 2.37. The van der Waals surface area contributed by atoms with Gasteiger partial charge in [0.2, 0.25) is 0 Å². The van der Waals surface area contributed by atoms with Gasteiger partial charge >= 0.3 is 11.9 Å². The first-order valence-corrected chi connectivity index (χ1v) is 12.0. The number of carboxylic acid groups (broad SMARTS) is 2. The van der Waals surface area contributed by atoms with Crippen LogP contribution in [0.1, 0.15) is 29.8 Å². The zero-order chi connectivity index (χ0) is 28.6. The monoisotopic (exact) mass is 546 g/mol. The van der Waals surface area contributed by atoms with E-state index in [9.17, 15) is 14.0 Å². The predicted molar refractivity (Wildman–Crippen MR) is 135 cm³/mol. The average molecular weight is 547 g/mol. The predicted octanol–water partition coefficient (Wildman–Crippen LogP) is 2.43. The van der Waals surface area contributed by atoms with E-state index in [1.165, 1.54) is 12.1 Å². The van der Waals surface area contributed by atoms with Crippen LogP contribution in [-0.2, 0) is 31.3 Å². The molecule has 210 valence electrons. The topological polar surface area (TPSA) is 161 Å². The molecule has 0 spiro atoms. The van der Waals surface area contributed by atoms with Crippen molar-refractivity contribution in [3.63, 3.8) is 0 Å². The van der Waals surface area contributed by atoms with Crippen LogP contribution in [0.4, 0.5) is 4.39 Å². The molecule has 11 nitrogen and oxygen atoms in total. The smallest absolute Gasteiger partial charge is 0.335 e. The van der Waals surface area contributed by atoms with E-state index in [0.717, 1.165) is 22.6 Å². The number of aliphatic hydroxyl groups is 2. The van der Waals surface area contributed by atoms with E-state index >= 15 is 0 Å². The molecule has 0 bridgehead atoms. The average Bonchev–Trinajstić information content (AvgIpc) is 3.37. The van der Waals surface area contributed by atoms with E-state index in [2.05, 4.69) is 4.98 Å². The van der Waals surface area contributed by atoms with E-state index < -0.39 is 29.7 Å². The molecule has 1 aromatic heterocycles. The Morgan fingerprint density at radius 3 is 2.21 bits per heavy atom. The van der Waals surface area contributed by atoms with Crippen LogP contribution >= 0.6 is 0 Å². The fourth-order valence-corrected chi connectivity index (χ4v) is 4.06. The summed E-state index contributed by atoms with van der Waals surface area (Å²) in [6, 6.07) is 12.9. The lowest BCUT2D eigenvalue weighted by molar-refractivity contribution is -0.165. The van der Waals surface area contributed by atoms with Crippen molar-refractivity contribution in [1.29, 1.82) is 0 Å². The molecular weight excluding hydrogens is 515 g/mol. The van der Waals surface area contributed by atoms with Gasteiger partial charge in [-0.05, 0) is 42.3 Å². The van der Waals surface area contributed by atoms with Crippen LogP contribution < -0.4 is 4.74 Å². The number of rotatable bonds is 9. The number of carboxylic acids is 2. The molecular formula is C27H31FN2O9. The Kier molecular flexibility index (Phi) is 10.1. The number of aromatic nitrogens is 2. The van der Waals surface area contributed by atoms with Gasteiger partial charge in [0.1, 0.15) is 24.0 Å². The van der Waals surface area contributed by atoms with Crippen LogP contribution in [-0.4, -0.2) is 74.4 Å². The second-order valence-corrected chi connectivity index (χ2v) is 8.85. The fraction of sp³-hybridized carbons (Fsp3) is 0.370. The van der Waals surface area contributed by atoms with Crippen molar-refractivity contribution >= 4 is 11.9 Å². The molecule has 2 unspecified atom stereocenters. The summed E-state index contributed by atoms with van der Waals surface area (Å²) < 4.78 is 33.4. The third-order valence-corrected chi connectivity index (χ3v) is 6.34. The number of halogens is 1. The standard InChI is InChI=1S/C23H25FN2O3.C4H6O6/c1-17-25-9-10-26(17)21-5-3-18(4-6-21)16-29-22-14-19(13-20(24)15-22)23(27-2)7-11-28-12-8-23;5-1(3(7)8)2(6)4(9)10/h3-6,9-10,13-15H,7-8,11-12,16H2,1-2H3;1-2,5-6H,(H,7,8)(H,9,10). The van der Waals surface area contributed by atoms with Gasteiger partial charge in [0.15, 0.2) is 12.2 Å². The van der Waals surface area contributed by atoms with Gasteiger partial charge in [-0.3, -0.25) is 0 Å². The second-order valence-electron chi connectivity index (χ2n) is 8.85. The third kappa shape index (κ3) is 7.60. The molecule has 2 heterocycles. The summed E-state index contributed by atoms with van der Waals surface area (Å²) in [5.74, 6) is -2.44. The number of aryl methyl sites for hydroxylation is 1. The number of hydrogen-bond acceptors (Lipinski definition) is 8. The number of nitrogens with zero attached hydrogens (tertiary/aromatic N) is 2. The Hall–Kier alpha value is -3.84. The van der Waals surface area contributed by atoms with Crippen LogP contribution in [0.5, 0.6) is 5.75 Å². The van der Waals surface area contributed by atoms with Crippen LogP contribution in [0.3, 0.4) is 0 Å². The highest BCUT2D eigenvalue weighted by molar-refractivity contribution is 5.83. The molecule has 12 heteroatoms. The number of ether oxygens (including phenoxy) is 3. The van der Waals surface area contributed by atoms with Crippen LogP contribution in [0.2, 0.25) is 0 Å². The van der Waals surface area contributed by atoms with E-state index in [1.54, 1.807) is 13.3 Å². The molecule has 0 radical (unpaired) electrons. The quantitative estimate of drug-likeness (QED) is 0.314. The lowest BCUT2D eigenvalue weighted by Crippen LogP contribution is -2.39. The lowest BCUT2D eigenvalue weighted by Gasteiger charge is -2.36. The maximum atomic E-state index is 14.3. The van der Waals surface area contributed by atoms with Crippen molar-refractivity contribution in [1.82, 2.24) is 9.55 Å². The molecule has 3 aromatic rings. The first-order valence-electron chi connectivity index (χ1n) is 12.0. The molecule has 4 N–H and O–H groups in total. The minimum atomic E-state index is -2.27. The van der Waals surface area contributed by atoms with Gasteiger partial charge < -0.3 is 39.2 Å². The van der Waals surface area contributed by atoms with Crippen molar-refractivity contribution in [3.05, 3.63) is 77.6 Å². The summed E-state index contributed by atoms with van der Waals surface area (Å²) in [5.41, 5.74) is 2.32. The molecule has 4 rings (SSSR count). The Morgan fingerprint density at radius 1 is 1.08 bits per heavy atom.